The molecule has 0 bridgehead atoms. The molecule has 0 radical (unpaired) electrons. The van der Waals surface area contributed by atoms with Gasteiger partial charge >= 0.3 is 0 Å². The van der Waals surface area contributed by atoms with Crippen molar-refractivity contribution in [3.05, 3.63) is 30.3 Å². The highest BCUT2D eigenvalue weighted by Gasteiger charge is 2.52. The molecule has 2 rings (SSSR count). The molecule has 0 aliphatic heterocycles. The molecule has 1 aromatic rings. The Hall–Kier alpha value is -1.35. The van der Waals surface area contributed by atoms with Crippen molar-refractivity contribution >= 4 is 5.78 Å². The van der Waals surface area contributed by atoms with Crippen LogP contribution in [-0.4, -0.2) is 25.1 Å². The summed E-state index contributed by atoms with van der Waals surface area (Å²) in [6.07, 6.45) is 2.38. The number of para-hydroxylation sites is 1. The summed E-state index contributed by atoms with van der Waals surface area (Å²) in [6, 6.07) is 9.70. The van der Waals surface area contributed by atoms with Crippen molar-refractivity contribution in [3.8, 4) is 5.75 Å². The van der Waals surface area contributed by atoms with E-state index in [9.17, 15) is 4.79 Å². The van der Waals surface area contributed by atoms with Crippen molar-refractivity contribution in [2.45, 2.75) is 39.2 Å². The first kappa shape index (κ1) is 14.1. The summed E-state index contributed by atoms with van der Waals surface area (Å²) in [4.78, 5) is 11.8. The van der Waals surface area contributed by atoms with E-state index in [1.165, 1.54) is 0 Å². The zero-order valence-corrected chi connectivity index (χ0v) is 11.7. The monoisotopic (exact) mass is 262 g/mol. The number of hydrogen-bond acceptors (Lipinski definition) is 3. The van der Waals surface area contributed by atoms with Crippen molar-refractivity contribution < 1.29 is 14.3 Å². The van der Waals surface area contributed by atoms with E-state index < -0.39 is 0 Å². The summed E-state index contributed by atoms with van der Waals surface area (Å²) in [5.41, 5.74) is -0.229. The van der Waals surface area contributed by atoms with Crippen LogP contribution >= 0.6 is 0 Å². The Bertz CT molecular complexity index is 409. The minimum Gasteiger partial charge on any atom is -0.491 e. The number of carbonyl (C=O) groups is 1. The molecule has 0 heterocycles. The van der Waals surface area contributed by atoms with E-state index in [4.69, 9.17) is 9.47 Å². The van der Waals surface area contributed by atoms with Crippen molar-refractivity contribution in [1.82, 2.24) is 0 Å². The van der Waals surface area contributed by atoms with Crippen LogP contribution in [0.15, 0.2) is 30.3 Å². The lowest BCUT2D eigenvalue weighted by molar-refractivity contribution is -0.166. The lowest BCUT2D eigenvalue weighted by Gasteiger charge is -2.46. The Morgan fingerprint density at radius 2 is 1.84 bits per heavy atom. The average molecular weight is 262 g/mol. The van der Waals surface area contributed by atoms with E-state index >= 15 is 0 Å². The van der Waals surface area contributed by atoms with Crippen LogP contribution in [0.4, 0.5) is 0 Å². The molecule has 0 aromatic heterocycles. The van der Waals surface area contributed by atoms with Gasteiger partial charge in [0.1, 0.15) is 18.1 Å². The molecular weight excluding hydrogens is 240 g/mol. The molecule has 0 spiro atoms. The van der Waals surface area contributed by atoms with Gasteiger partial charge in [0.2, 0.25) is 0 Å². The number of carbonyl (C=O) groups excluding carboxylic acids is 1. The van der Waals surface area contributed by atoms with Gasteiger partial charge in [-0.15, -0.1) is 0 Å². The second-order valence-electron chi connectivity index (χ2n) is 5.01. The van der Waals surface area contributed by atoms with Crippen LogP contribution in [-0.2, 0) is 9.53 Å². The maximum Gasteiger partial charge on any atom is 0.144 e. The number of benzene rings is 1. The van der Waals surface area contributed by atoms with Crippen LogP contribution < -0.4 is 4.74 Å². The SMILES string of the molecule is CCC1(CC)C(=O)CC1OCCOc1ccccc1. The first-order valence-electron chi connectivity index (χ1n) is 7.05. The van der Waals surface area contributed by atoms with Gasteiger partial charge in [-0.05, 0) is 25.0 Å². The third-order valence-corrected chi connectivity index (χ3v) is 4.22. The van der Waals surface area contributed by atoms with Crippen LogP contribution in [0.1, 0.15) is 33.1 Å². The molecule has 3 nitrogen and oxygen atoms in total. The van der Waals surface area contributed by atoms with E-state index in [0.717, 1.165) is 18.6 Å². The summed E-state index contributed by atoms with van der Waals surface area (Å²) < 4.78 is 11.4. The van der Waals surface area contributed by atoms with Gasteiger partial charge in [-0.2, -0.15) is 0 Å². The molecule has 19 heavy (non-hydrogen) atoms. The molecule has 1 aliphatic carbocycles. The molecule has 0 saturated heterocycles. The van der Waals surface area contributed by atoms with Crippen molar-refractivity contribution in [3.63, 3.8) is 0 Å². The highest BCUT2D eigenvalue weighted by atomic mass is 16.5. The average Bonchev–Trinajstić information content (AvgIpc) is 2.45. The molecule has 1 aromatic carbocycles. The number of ether oxygens (including phenoxy) is 2. The second-order valence-corrected chi connectivity index (χ2v) is 5.01. The van der Waals surface area contributed by atoms with Crippen molar-refractivity contribution in [1.29, 1.82) is 0 Å². The first-order valence-corrected chi connectivity index (χ1v) is 7.05. The fourth-order valence-corrected chi connectivity index (χ4v) is 2.80. The molecule has 3 heteroatoms. The molecule has 104 valence electrons. The minimum absolute atomic E-state index is 0.0781. The number of ketones is 1. The zero-order chi connectivity index (χ0) is 13.7. The predicted molar refractivity (Wildman–Crippen MR) is 74.3 cm³/mol. The van der Waals surface area contributed by atoms with Gasteiger partial charge in [0, 0.05) is 6.42 Å². The minimum atomic E-state index is -0.229. The predicted octanol–water partition coefficient (Wildman–Crippen LogP) is 3.23. The van der Waals surface area contributed by atoms with Gasteiger partial charge < -0.3 is 9.47 Å². The molecule has 1 unspecified atom stereocenters. The van der Waals surface area contributed by atoms with Gasteiger partial charge in [0.25, 0.3) is 0 Å². The molecule has 1 atom stereocenters. The molecule has 0 N–H and O–H groups in total. The normalized spacial score (nSPS) is 20.9. The molecule has 0 amide bonds. The Morgan fingerprint density at radius 1 is 1.16 bits per heavy atom. The van der Waals surface area contributed by atoms with Crippen LogP contribution in [0.5, 0.6) is 5.75 Å². The highest BCUT2D eigenvalue weighted by Crippen LogP contribution is 2.45. The lowest BCUT2D eigenvalue weighted by Crippen LogP contribution is -2.54. The quantitative estimate of drug-likeness (QED) is 0.708. The largest absolute Gasteiger partial charge is 0.491 e. The van der Waals surface area contributed by atoms with E-state index in [0.29, 0.717) is 25.4 Å². The third-order valence-electron chi connectivity index (χ3n) is 4.22. The maximum absolute atomic E-state index is 11.8. The van der Waals surface area contributed by atoms with E-state index in [-0.39, 0.29) is 11.5 Å². The van der Waals surface area contributed by atoms with Gasteiger partial charge in [0.05, 0.1) is 18.1 Å². The number of rotatable bonds is 7. The molecule has 1 saturated carbocycles. The maximum atomic E-state index is 11.8. The van der Waals surface area contributed by atoms with Gasteiger partial charge in [0.15, 0.2) is 0 Å². The van der Waals surface area contributed by atoms with Crippen LogP contribution in [0, 0.1) is 5.41 Å². The summed E-state index contributed by atoms with van der Waals surface area (Å²) in [6.45, 7) is 5.20. The third kappa shape index (κ3) is 2.81. The number of Topliss-reactive ketones (excluding diaryl/α,β-unsaturated/α-hetero) is 1. The van der Waals surface area contributed by atoms with Crippen LogP contribution in [0.3, 0.4) is 0 Å². The fourth-order valence-electron chi connectivity index (χ4n) is 2.80. The van der Waals surface area contributed by atoms with Gasteiger partial charge in [-0.25, -0.2) is 0 Å². The smallest absolute Gasteiger partial charge is 0.144 e. The fraction of sp³-hybridized carbons (Fsp3) is 0.562. The standard InChI is InChI=1S/C16H22O3/c1-3-16(4-2)14(17)12-15(16)19-11-10-18-13-8-6-5-7-9-13/h5-9,15H,3-4,10-12H2,1-2H3. The highest BCUT2D eigenvalue weighted by molar-refractivity contribution is 5.92. The van der Waals surface area contributed by atoms with Crippen LogP contribution in [0.2, 0.25) is 0 Å². The summed E-state index contributed by atoms with van der Waals surface area (Å²) in [5, 5.41) is 0. The van der Waals surface area contributed by atoms with E-state index in [1.54, 1.807) is 0 Å². The van der Waals surface area contributed by atoms with Crippen LogP contribution in [0.25, 0.3) is 0 Å². The molecule has 1 aliphatic rings. The lowest BCUT2D eigenvalue weighted by atomic mass is 9.61. The second kappa shape index (κ2) is 6.20. The first-order chi connectivity index (χ1) is 9.23. The van der Waals surface area contributed by atoms with E-state index in [1.807, 2.05) is 30.3 Å². The zero-order valence-electron chi connectivity index (χ0n) is 11.7. The van der Waals surface area contributed by atoms with Gasteiger partial charge in [-0.1, -0.05) is 32.0 Å². The van der Waals surface area contributed by atoms with Crippen molar-refractivity contribution in [2.75, 3.05) is 13.2 Å². The number of hydrogen-bond donors (Lipinski definition) is 0. The van der Waals surface area contributed by atoms with Crippen molar-refractivity contribution in [2.24, 2.45) is 5.41 Å². The Morgan fingerprint density at radius 3 is 2.42 bits per heavy atom. The molecular formula is C16H22O3. The van der Waals surface area contributed by atoms with Gasteiger partial charge in [-0.3, -0.25) is 4.79 Å². The summed E-state index contributed by atoms with van der Waals surface area (Å²) in [5.74, 6) is 1.21. The summed E-state index contributed by atoms with van der Waals surface area (Å²) >= 11 is 0. The van der Waals surface area contributed by atoms with E-state index in [2.05, 4.69) is 13.8 Å². The Balaban J connectivity index is 1.73. The Kier molecular flexibility index (Phi) is 4.59. The molecule has 1 fully saturated rings. The topological polar surface area (TPSA) is 35.5 Å². The Labute approximate surface area is 114 Å². The summed E-state index contributed by atoms with van der Waals surface area (Å²) in [7, 11) is 0.